The van der Waals surface area contributed by atoms with E-state index in [2.05, 4.69) is 4.98 Å². The molecular weight excluding hydrogens is 299 g/mol. The molecule has 0 amide bonds. The summed E-state index contributed by atoms with van der Waals surface area (Å²) >= 11 is 1.54. The van der Waals surface area contributed by atoms with Crippen molar-refractivity contribution >= 4 is 11.3 Å². The summed E-state index contributed by atoms with van der Waals surface area (Å²) in [4.78, 5) is 16.9. The number of hydrogen-bond donors (Lipinski definition) is 1. The van der Waals surface area contributed by atoms with Crippen LogP contribution in [0.1, 0.15) is 10.4 Å². The molecule has 22 heavy (non-hydrogen) atoms. The second-order valence-corrected chi connectivity index (χ2v) is 6.12. The standard InChI is InChI=1S/C17H11FN2OS/c1-10-5-6-16(22-10)15-8-13(14(9-19)17(21)20-15)11-3-2-4-12(18)7-11/h2-8H,1H3,(H,20,21). The van der Waals surface area contributed by atoms with Gasteiger partial charge in [-0.05, 0) is 42.8 Å². The zero-order valence-electron chi connectivity index (χ0n) is 11.7. The number of halogens is 1. The van der Waals surface area contributed by atoms with Gasteiger partial charge in [0.1, 0.15) is 17.4 Å². The number of nitriles is 1. The molecule has 3 aromatic rings. The number of hydrogen-bond acceptors (Lipinski definition) is 3. The van der Waals surface area contributed by atoms with Gasteiger partial charge >= 0.3 is 0 Å². The summed E-state index contributed by atoms with van der Waals surface area (Å²) in [5, 5.41) is 9.23. The zero-order valence-corrected chi connectivity index (χ0v) is 12.5. The van der Waals surface area contributed by atoms with Crippen LogP contribution in [0.15, 0.2) is 47.3 Å². The zero-order chi connectivity index (χ0) is 15.7. The van der Waals surface area contributed by atoms with Crippen LogP contribution in [0, 0.1) is 24.1 Å². The van der Waals surface area contributed by atoms with Gasteiger partial charge in [0.05, 0.1) is 10.6 Å². The van der Waals surface area contributed by atoms with Gasteiger partial charge in [0.2, 0.25) is 0 Å². The molecule has 2 heterocycles. The molecule has 0 bridgehead atoms. The first kappa shape index (κ1) is 14.2. The molecule has 3 nitrogen and oxygen atoms in total. The summed E-state index contributed by atoms with van der Waals surface area (Å²) in [6.45, 7) is 1.98. The Balaban J connectivity index is 2.26. The van der Waals surface area contributed by atoms with Crippen LogP contribution in [0.4, 0.5) is 4.39 Å². The smallest absolute Gasteiger partial charge is 0.266 e. The normalized spacial score (nSPS) is 10.4. The molecule has 108 valence electrons. The van der Waals surface area contributed by atoms with Gasteiger partial charge in [0.25, 0.3) is 5.56 Å². The molecule has 2 aromatic heterocycles. The fraction of sp³-hybridized carbons (Fsp3) is 0.0588. The van der Waals surface area contributed by atoms with Gasteiger partial charge in [-0.15, -0.1) is 11.3 Å². The van der Waals surface area contributed by atoms with Crippen molar-refractivity contribution in [1.82, 2.24) is 4.98 Å². The highest BCUT2D eigenvalue weighted by atomic mass is 32.1. The van der Waals surface area contributed by atoms with Crippen molar-refractivity contribution in [3.05, 3.63) is 69.1 Å². The van der Waals surface area contributed by atoms with Gasteiger partial charge in [-0.25, -0.2) is 4.39 Å². The van der Waals surface area contributed by atoms with Gasteiger partial charge in [0.15, 0.2) is 0 Å². The van der Waals surface area contributed by atoms with Crippen molar-refractivity contribution in [2.45, 2.75) is 6.92 Å². The molecule has 0 aliphatic carbocycles. The minimum atomic E-state index is -0.467. The summed E-state index contributed by atoms with van der Waals surface area (Å²) in [6, 6.07) is 13.4. The van der Waals surface area contributed by atoms with Gasteiger partial charge in [-0.1, -0.05) is 12.1 Å². The number of nitrogens with one attached hydrogen (secondary N) is 1. The van der Waals surface area contributed by atoms with Crippen LogP contribution >= 0.6 is 11.3 Å². The Morgan fingerprint density at radius 1 is 1.23 bits per heavy atom. The van der Waals surface area contributed by atoms with Gasteiger partial charge in [-0.2, -0.15) is 5.26 Å². The minimum absolute atomic E-state index is 0.0115. The molecule has 1 N–H and O–H groups in total. The van der Waals surface area contributed by atoms with Crippen LogP contribution in [0.25, 0.3) is 21.7 Å². The van der Waals surface area contributed by atoms with E-state index in [-0.39, 0.29) is 5.56 Å². The van der Waals surface area contributed by atoms with E-state index in [0.29, 0.717) is 16.8 Å². The average molecular weight is 310 g/mol. The minimum Gasteiger partial charge on any atom is -0.320 e. The number of aryl methyl sites for hydroxylation is 1. The van der Waals surface area contributed by atoms with Crippen molar-refractivity contribution in [2.24, 2.45) is 0 Å². The molecule has 0 saturated heterocycles. The lowest BCUT2D eigenvalue weighted by atomic mass is 10.0. The fourth-order valence-corrected chi connectivity index (χ4v) is 3.11. The highest BCUT2D eigenvalue weighted by Gasteiger charge is 2.13. The molecule has 0 fully saturated rings. The predicted octanol–water partition coefficient (Wildman–Crippen LogP) is 4.09. The van der Waals surface area contributed by atoms with E-state index in [1.54, 1.807) is 29.5 Å². The molecule has 0 saturated carbocycles. The molecule has 1 aromatic carbocycles. The first-order valence-electron chi connectivity index (χ1n) is 6.58. The van der Waals surface area contributed by atoms with Crippen molar-refractivity contribution in [3.8, 4) is 27.8 Å². The van der Waals surface area contributed by atoms with Crippen LogP contribution in [0.3, 0.4) is 0 Å². The number of rotatable bonds is 2. The highest BCUT2D eigenvalue weighted by Crippen LogP contribution is 2.30. The third-order valence-corrected chi connectivity index (χ3v) is 4.32. The van der Waals surface area contributed by atoms with E-state index in [1.807, 2.05) is 25.1 Å². The molecule has 0 unspecified atom stereocenters. The van der Waals surface area contributed by atoms with E-state index in [4.69, 9.17) is 0 Å². The predicted molar refractivity (Wildman–Crippen MR) is 85.2 cm³/mol. The quantitative estimate of drug-likeness (QED) is 0.775. The largest absolute Gasteiger partial charge is 0.320 e. The first-order chi connectivity index (χ1) is 10.6. The molecule has 0 spiro atoms. The molecule has 0 aliphatic rings. The highest BCUT2D eigenvalue weighted by molar-refractivity contribution is 7.15. The summed E-state index contributed by atoms with van der Waals surface area (Å²) < 4.78 is 13.4. The van der Waals surface area contributed by atoms with Gasteiger partial charge in [0, 0.05) is 10.4 Å². The molecular formula is C17H11FN2OS. The maximum absolute atomic E-state index is 13.4. The number of H-pyrrole nitrogens is 1. The van der Waals surface area contributed by atoms with Gasteiger partial charge < -0.3 is 4.98 Å². The van der Waals surface area contributed by atoms with E-state index >= 15 is 0 Å². The fourth-order valence-electron chi connectivity index (χ4n) is 2.27. The van der Waals surface area contributed by atoms with E-state index in [0.717, 1.165) is 9.75 Å². The number of aromatic amines is 1. The number of thiophene rings is 1. The third-order valence-electron chi connectivity index (χ3n) is 3.29. The summed E-state index contributed by atoms with van der Waals surface area (Å²) in [5.74, 6) is -0.407. The van der Waals surface area contributed by atoms with Crippen molar-refractivity contribution in [1.29, 1.82) is 5.26 Å². The Hall–Kier alpha value is -2.71. The number of benzene rings is 1. The summed E-state index contributed by atoms with van der Waals surface area (Å²) in [6.07, 6.45) is 0. The topological polar surface area (TPSA) is 56.6 Å². The second-order valence-electron chi connectivity index (χ2n) is 4.83. The van der Waals surface area contributed by atoms with Crippen molar-refractivity contribution in [3.63, 3.8) is 0 Å². The average Bonchev–Trinajstić information content (AvgIpc) is 2.93. The molecule has 3 rings (SSSR count). The van der Waals surface area contributed by atoms with E-state index in [9.17, 15) is 14.4 Å². The van der Waals surface area contributed by atoms with Crippen LogP contribution in [-0.2, 0) is 0 Å². The molecule has 0 aliphatic heterocycles. The van der Waals surface area contributed by atoms with E-state index in [1.165, 1.54) is 12.1 Å². The van der Waals surface area contributed by atoms with Crippen LogP contribution < -0.4 is 5.56 Å². The number of nitrogens with zero attached hydrogens (tertiary/aromatic N) is 1. The van der Waals surface area contributed by atoms with E-state index < -0.39 is 11.4 Å². The Morgan fingerprint density at radius 3 is 2.68 bits per heavy atom. The lowest BCUT2D eigenvalue weighted by molar-refractivity contribution is 0.628. The first-order valence-corrected chi connectivity index (χ1v) is 7.40. The number of pyridine rings is 1. The summed E-state index contributed by atoms with van der Waals surface area (Å²) in [5.41, 5.74) is 1.10. The molecule has 5 heteroatoms. The Morgan fingerprint density at radius 2 is 2.05 bits per heavy atom. The second kappa shape index (κ2) is 5.58. The lowest BCUT2D eigenvalue weighted by Crippen LogP contribution is -2.12. The SMILES string of the molecule is Cc1ccc(-c2cc(-c3cccc(F)c3)c(C#N)c(=O)[nH]2)s1. The monoisotopic (exact) mass is 310 g/mol. The molecule has 0 atom stereocenters. The van der Waals surface area contributed by atoms with Crippen molar-refractivity contribution < 1.29 is 4.39 Å². The van der Waals surface area contributed by atoms with Crippen LogP contribution in [0.2, 0.25) is 0 Å². The molecule has 0 radical (unpaired) electrons. The van der Waals surface area contributed by atoms with Crippen molar-refractivity contribution in [2.75, 3.05) is 0 Å². The maximum Gasteiger partial charge on any atom is 0.266 e. The number of aromatic nitrogens is 1. The van der Waals surface area contributed by atoms with Gasteiger partial charge in [-0.3, -0.25) is 4.79 Å². The lowest BCUT2D eigenvalue weighted by Gasteiger charge is -2.07. The third kappa shape index (κ3) is 2.57. The Labute approximate surface area is 130 Å². The van der Waals surface area contributed by atoms with Crippen LogP contribution in [-0.4, -0.2) is 4.98 Å². The Kier molecular flexibility index (Phi) is 3.61. The maximum atomic E-state index is 13.4. The summed E-state index contributed by atoms with van der Waals surface area (Å²) in [7, 11) is 0. The van der Waals surface area contributed by atoms with Crippen LogP contribution in [0.5, 0.6) is 0 Å². The Bertz CT molecular complexity index is 950.